The molecule has 5 rings (SSSR count). The molecule has 5 aromatic rings. The number of benzene rings is 1. The molecule has 4 heterocycles. The van der Waals surface area contributed by atoms with Crippen molar-refractivity contribution in [2.45, 2.75) is 0 Å². The number of rotatable bonds is 0. The molecule has 0 atom stereocenters. The molecule has 0 amide bonds. The van der Waals surface area contributed by atoms with Crippen molar-refractivity contribution in [3.8, 4) is 0 Å². The highest BCUT2D eigenvalue weighted by atomic mass is 32.1. The molecule has 0 fully saturated rings. The van der Waals surface area contributed by atoms with Gasteiger partial charge in [-0.15, -0.1) is 11.3 Å². The molecule has 0 N–H and O–H groups in total. The van der Waals surface area contributed by atoms with Crippen molar-refractivity contribution < 1.29 is 0 Å². The van der Waals surface area contributed by atoms with Gasteiger partial charge in [0.2, 0.25) is 0 Å². The van der Waals surface area contributed by atoms with Crippen molar-refractivity contribution in [3.05, 3.63) is 58.3 Å². The SMILES string of the molecule is O=c1c2sccc2c2nccc3c4ccccc4n1c32. The summed E-state index contributed by atoms with van der Waals surface area (Å²) in [5, 5.41) is 5.11. The summed E-state index contributed by atoms with van der Waals surface area (Å²) in [4.78, 5) is 17.3. The van der Waals surface area contributed by atoms with Gasteiger partial charge in [-0.1, -0.05) is 18.2 Å². The van der Waals surface area contributed by atoms with E-state index in [0.717, 1.165) is 37.4 Å². The minimum atomic E-state index is 0.0571. The number of fused-ring (bicyclic) bond motifs is 5. The van der Waals surface area contributed by atoms with Crippen molar-refractivity contribution >= 4 is 48.7 Å². The second-order valence-electron chi connectivity index (χ2n) is 4.88. The molecule has 3 nitrogen and oxygen atoms in total. The summed E-state index contributed by atoms with van der Waals surface area (Å²) < 4.78 is 2.59. The Bertz CT molecular complexity index is 1170. The first-order valence-electron chi connectivity index (χ1n) is 6.37. The zero-order valence-corrected chi connectivity index (χ0v) is 11.1. The first-order valence-corrected chi connectivity index (χ1v) is 7.25. The molecule has 0 aliphatic heterocycles. The molecule has 0 unspecified atom stereocenters. The van der Waals surface area contributed by atoms with Gasteiger partial charge in [0.25, 0.3) is 5.56 Å². The Labute approximate surface area is 117 Å². The number of hydrogen-bond donors (Lipinski definition) is 0. The molecule has 0 saturated carbocycles. The minimum Gasteiger partial charge on any atom is -0.273 e. The fraction of sp³-hybridized carbons (Fsp3) is 0. The Morgan fingerprint density at radius 3 is 2.85 bits per heavy atom. The van der Waals surface area contributed by atoms with Gasteiger partial charge in [0.15, 0.2) is 0 Å². The summed E-state index contributed by atoms with van der Waals surface area (Å²) in [6.45, 7) is 0. The van der Waals surface area contributed by atoms with Gasteiger partial charge in [-0.05, 0) is 23.6 Å². The van der Waals surface area contributed by atoms with Crippen molar-refractivity contribution in [2.24, 2.45) is 0 Å². The van der Waals surface area contributed by atoms with Crippen molar-refractivity contribution in [3.63, 3.8) is 0 Å². The van der Waals surface area contributed by atoms with E-state index < -0.39 is 0 Å². The second kappa shape index (κ2) is 3.35. The average Bonchev–Trinajstić information content (AvgIpc) is 3.09. The first-order chi connectivity index (χ1) is 9.86. The number of para-hydroxylation sites is 1. The largest absolute Gasteiger partial charge is 0.273 e. The molecule has 0 bridgehead atoms. The molecule has 20 heavy (non-hydrogen) atoms. The minimum absolute atomic E-state index is 0.0571. The molecule has 0 aliphatic rings. The van der Waals surface area contributed by atoms with Gasteiger partial charge in [0.1, 0.15) is 4.70 Å². The van der Waals surface area contributed by atoms with E-state index in [0.29, 0.717) is 0 Å². The van der Waals surface area contributed by atoms with Crippen molar-refractivity contribution in [2.75, 3.05) is 0 Å². The fourth-order valence-electron chi connectivity index (χ4n) is 3.09. The predicted octanol–water partition coefficient (Wildman–Crippen LogP) is 3.65. The highest BCUT2D eigenvalue weighted by Crippen LogP contribution is 2.33. The number of pyridine rings is 2. The van der Waals surface area contributed by atoms with Gasteiger partial charge >= 0.3 is 0 Å². The van der Waals surface area contributed by atoms with E-state index in [-0.39, 0.29) is 5.56 Å². The summed E-state index contributed by atoms with van der Waals surface area (Å²) >= 11 is 1.48. The highest BCUT2D eigenvalue weighted by molar-refractivity contribution is 7.17. The smallest absolute Gasteiger partial charge is 0.273 e. The van der Waals surface area contributed by atoms with Crippen molar-refractivity contribution in [1.82, 2.24) is 9.38 Å². The molecule has 94 valence electrons. The van der Waals surface area contributed by atoms with Crippen molar-refractivity contribution in [1.29, 1.82) is 0 Å². The Kier molecular flexibility index (Phi) is 1.73. The lowest BCUT2D eigenvalue weighted by Crippen LogP contribution is -2.11. The van der Waals surface area contributed by atoms with Crippen LogP contribution in [0.4, 0.5) is 0 Å². The van der Waals surface area contributed by atoms with E-state index in [4.69, 9.17) is 0 Å². The predicted molar refractivity (Wildman–Crippen MR) is 83.0 cm³/mol. The lowest BCUT2D eigenvalue weighted by molar-refractivity contribution is 1.20. The quantitative estimate of drug-likeness (QED) is 0.432. The highest BCUT2D eigenvalue weighted by Gasteiger charge is 2.17. The third-order valence-corrected chi connectivity index (χ3v) is 4.80. The van der Waals surface area contributed by atoms with Gasteiger partial charge in [0, 0.05) is 22.4 Å². The Balaban J connectivity index is 2.36. The number of hydrogen-bond acceptors (Lipinski definition) is 3. The molecular weight excluding hydrogens is 268 g/mol. The Morgan fingerprint density at radius 2 is 1.90 bits per heavy atom. The fourth-order valence-corrected chi connectivity index (χ4v) is 3.91. The van der Waals surface area contributed by atoms with Gasteiger partial charge < -0.3 is 0 Å². The van der Waals surface area contributed by atoms with E-state index >= 15 is 0 Å². The van der Waals surface area contributed by atoms with Crippen LogP contribution in [0, 0.1) is 0 Å². The van der Waals surface area contributed by atoms with E-state index in [9.17, 15) is 4.79 Å². The maximum absolute atomic E-state index is 12.8. The molecule has 0 saturated heterocycles. The molecule has 1 aromatic carbocycles. The first kappa shape index (κ1) is 10.3. The zero-order valence-electron chi connectivity index (χ0n) is 10.3. The van der Waals surface area contributed by atoms with Gasteiger partial charge in [-0.25, -0.2) is 0 Å². The van der Waals surface area contributed by atoms with E-state index in [2.05, 4.69) is 11.1 Å². The van der Waals surface area contributed by atoms with Gasteiger partial charge in [-0.2, -0.15) is 0 Å². The van der Waals surface area contributed by atoms with Crippen LogP contribution >= 0.6 is 11.3 Å². The molecule has 4 heteroatoms. The van der Waals surface area contributed by atoms with Crippen LogP contribution in [-0.4, -0.2) is 9.38 Å². The van der Waals surface area contributed by atoms with Crippen LogP contribution in [-0.2, 0) is 0 Å². The number of nitrogens with zero attached hydrogens (tertiary/aromatic N) is 2. The normalized spacial score (nSPS) is 12.2. The topological polar surface area (TPSA) is 34.4 Å². The number of aromatic nitrogens is 2. The maximum Gasteiger partial charge on any atom is 0.273 e. The average molecular weight is 276 g/mol. The summed E-state index contributed by atoms with van der Waals surface area (Å²) in [5.74, 6) is 0. The number of thiophene rings is 1. The van der Waals surface area contributed by atoms with Crippen LogP contribution in [0.25, 0.3) is 37.4 Å². The van der Waals surface area contributed by atoms with Crippen LogP contribution in [0.15, 0.2) is 52.8 Å². The molecule has 4 aromatic heterocycles. The van der Waals surface area contributed by atoms with E-state index in [1.165, 1.54) is 11.3 Å². The van der Waals surface area contributed by atoms with Crippen LogP contribution in [0.2, 0.25) is 0 Å². The van der Waals surface area contributed by atoms with Crippen LogP contribution in [0.5, 0.6) is 0 Å². The van der Waals surface area contributed by atoms with Crippen LogP contribution < -0.4 is 5.56 Å². The Morgan fingerprint density at radius 1 is 1.00 bits per heavy atom. The second-order valence-corrected chi connectivity index (χ2v) is 5.79. The third kappa shape index (κ3) is 1.03. The van der Waals surface area contributed by atoms with Crippen LogP contribution in [0.3, 0.4) is 0 Å². The van der Waals surface area contributed by atoms with E-state index in [1.807, 2.05) is 46.3 Å². The summed E-state index contributed by atoms with van der Waals surface area (Å²) in [6, 6.07) is 12.0. The van der Waals surface area contributed by atoms with E-state index in [1.54, 1.807) is 0 Å². The standard InChI is InChI=1S/C16H8N2OS/c19-16-15-11(6-8-20-15)13-14-10(5-7-17-13)9-3-1-2-4-12(9)18(14)16/h1-8H. The third-order valence-electron chi connectivity index (χ3n) is 3.90. The van der Waals surface area contributed by atoms with Gasteiger partial charge in [-0.3, -0.25) is 14.2 Å². The zero-order chi connectivity index (χ0) is 13.3. The maximum atomic E-state index is 12.8. The summed E-state index contributed by atoms with van der Waals surface area (Å²) in [7, 11) is 0. The monoisotopic (exact) mass is 276 g/mol. The summed E-state index contributed by atoms with van der Waals surface area (Å²) in [6.07, 6.45) is 1.83. The summed E-state index contributed by atoms with van der Waals surface area (Å²) in [5.41, 5.74) is 2.86. The lowest BCUT2D eigenvalue weighted by Gasteiger charge is -2.01. The van der Waals surface area contributed by atoms with Gasteiger partial charge in [0.05, 0.1) is 16.6 Å². The molecule has 0 aliphatic carbocycles. The molecule has 0 spiro atoms. The van der Waals surface area contributed by atoms with Crippen LogP contribution in [0.1, 0.15) is 0 Å². The lowest BCUT2D eigenvalue weighted by atomic mass is 10.1. The molecular formula is C16H8N2OS. The Hall–Kier alpha value is -2.46. The molecule has 0 radical (unpaired) electrons.